The molecule has 25 heavy (non-hydrogen) atoms. The summed E-state index contributed by atoms with van der Waals surface area (Å²) >= 11 is 0. The molecule has 2 aromatic rings. The fraction of sp³-hybridized carbons (Fsp3) is 0.278. The van der Waals surface area contributed by atoms with E-state index in [2.05, 4.69) is 10.6 Å². The molecule has 0 atom stereocenters. The molecule has 2 N–H and O–H groups in total. The number of ether oxygens (including phenoxy) is 3. The van der Waals surface area contributed by atoms with Crippen LogP contribution in [0.5, 0.6) is 17.2 Å². The van der Waals surface area contributed by atoms with Gasteiger partial charge >= 0.3 is 6.03 Å². The lowest BCUT2D eigenvalue weighted by atomic mass is 10.2. The number of amides is 2. The van der Waals surface area contributed by atoms with E-state index in [1.165, 1.54) is 27.4 Å². The molecule has 0 saturated heterocycles. The monoisotopic (exact) mass is 348 g/mol. The van der Waals surface area contributed by atoms with E-state index >= 15 is 0 Å². The Bertz CT molecular complexity index is 740. The van der Waals surface area contributed by atoms with Gasteiger partial charge in [-0.05, 0) is 42.3 Å². The third-order valence-electron chi connectivity index (χ3n) is 3.55. The highest BCUT2D eigenvalue weighted by molar-refractivity contribution is 5.89. The van der Waals surface area contributed by atoms with Crippen LogP contribution in [0.1, 0.15) is 11.1 Å². The molecular formula is C18H21FN2O4. The molecule has 0 fully saturated rings. The van der Waals surface area contributed by atoms with Gasteiger partial charge in [-0.2, -0.15) is 0 Å². The molecule has 0 aromatic heterocycles. The van der Waals surface area contributed by atoms with Gasteiger partial charge in [0.2, 0.25) is 5.75 Å². The summed E-state index contributed by atoms with van der Waals surface area (Å²) in [7, 11) is 4.55. The first-order valence-electron chi connectivity index (χ1n) is 7.58. The third kappa shape index (κ3) is 4.53. The number of rotatable bonds is 6. The summed E-state index contributed by atoms with van der Waals surface area (Å²) in [6.07, 6.45) is 0. The van der Waals surface area contributed by atoms with Crippen LogP contribution in [0.2, 0.25) is 0 Å². The Morgan fingerprint density at radius 1 is 1.04 bits per heavy atom. The van der Waals surface area contributed by atoms with Crippen LogP contribution in [-0.4, -0.2) is 27.4 Å². The Hall–Kier alpha value is -2.96. The molecule has 0 unspecified atom stereocenters. The maximum Gasteiger partial charge on any atom is 0.319 e. The van der Waals surface area contributed by atoms with E-state index in [1.54, 1.807) is 24.3 Å². The molecule has 2 rings (SSSR count). The van der Waals surface area contributed by atoms with Crippen molar-refractivity contribution in [2.75, 3.05) is 26.6 Å². The van der Waals surface area contributed by atoms with Crippen molar-refractivity contribution in [2.24, 2.45) is 0 Å². The van der Waals surface area contributed by atoms with Gasteiger partial charge in [0.05, 0.1) is 27.0 Å². The second kappa shape index (κ2) is 8.23. The molecule has 6 nitrogen and oxygen atoms in total. The molecule has 0 saturated carbocycles. The zero-order valence-electron chi connectivity index (χ0n) is 14.6. The minimum atomic E-state index is -0.516. The Morgan fingerprint density at radius 2 is 1.68 bits per heavy atom. The smallest absolute Gasteiger partial charge is 0.319 e. The largest absolute Gasteiger partial charge is 0.493 e. The van der Waals surface area contributed by atoms with Crippen LogP contribution in [0.15, 0.2) is 30.3 Å². The first-order chi connectivity index (χ1) is 12.0. The summed E-state index contributed by atoms with van der Waals surface area (Å²) in [6.45, 7) is 2.02. The predicted molar refractivity (Wildman–Crippen MR) is 93.1 cm³/mol. The third-order valence-corrected chi connectivity index (χ3v) is 3.55. The van der Waals surface area contributed by atoms with E-state index in [-0.39, 0.29) is 12.2 Å². The second-order valence-corrected chi connectivity index (χ2v) is 5.32. The van der Waals surface area contributed by atoms with Crippen molar-refractivity contribution in [3.8, 4) is 17.2 Å². The molecule has 0 radical (unpaired) electrons. The maximum atomic E-state index is 13.7. The van der Waals surface area contributed by atoms with E-state index in [0.29, 0.717) is 17.2 Å². The zero-order chi connectivity index (χ0) is 18.4. The molecule has 0 spiro atoms. The highest BCUT2D eigenvalue weighted by Gasteiger charge is 2.14. The van der Waals surface area contributed by atoms with Crippen LogP contribution < -0.4 is 24.8 Å². The number of nitrogens with one attached hydrogen (secondary N) is 2. The van der Waals surface area contributed by atoms with E-state index in [9.17, 15) is 9.18 Å². The van der Waals surface area contributed by atoms with Crippen LogP contribution in [0.4, 0.5) is 14.9 Å². The predicted octanol–water partition coefficient (Wildman–Crippen LogP) is 3.48. The summed E-state index contributed by atoms with van der Waals surface area (Å²) in [5.41, 5.74) is 1.72. The van der Waals surface area contributed by atoms with Gasteiger partial charge < -0.3 is 24.8 Å². The minimum absolute atomic E-state index is 0.127. The van der Waals surface area contributed by atoms with Gasteiger partial charge in [0.15, 0.2) is 11.5 Å². The number of methoxy groups -OCH3 is 3. The summed E-state index contributed by atoms with van der Waals surface area (Å²) < 4.78 is 29.5. The molecular weight excluding hydrogens is 327 g/mol. The number of anilines is 1. The van der Waals surface area contributed by atoms with Crippen LogP contribution in [-0.2, 0) is 6.54 Å². The van der Waals surface area contributed by atoms with Crippen LogP contribution in [0.3, 0.4) is 0 Å². The Kier molecular flexibility index (Phi) is 6.05. The first kappa shape index (κ1) is 18.4. The number of aryl methyl sites for hydroxylation is 1. The summed E-state index contributed by atoms with van der Waals surface area (Å²) in [5.74, 6) is 0.959. The van der Waals surface area contributed by atoms with Crippen molar-refractivity contribution in [3.05, 3.63) is 47.3 Å². The lowest BCUT2D eigenvalue weighted by Gasteiger charge is -2.15. The van der Waals surface area contributed by atoms with Crippen molar-refractivity contribution in [1.82, 2.24) is 5.32 Å². The summed E-state index contributed by atoms with van der Waals surface area (Å²) in [5, 5.41) is 5.15. The molecule has 2 aromatic carbocycles. The number of benzene rings is 2. The molecule has 0 aliphatic carbocycles. The molecule has 0 heterocycles. The van der Waals surface area contributed by atoms with E-state index in [1.807, 2.05) is 6.92 Å². The second-order valence-electron chi connectivity index (χ2n) is 5.32. The molecule has 7 heteroatoms. The van der Waals surface area contributed by atoms with Crippen LogP contribution >= 0.6 is 0 Å². The number of urea groups is 1. The number of carbonyl (C=O) groups excluding carboxylic acids is 1. The lowest BCUT2D eigenvalue weighted by molar-refractivity contribution is 0.251. The number of halogens is 1. The maximum absolute atomic E-state index is 13.7. The Labute approximate surface area is 145 Å². The topological polar surface area (TPSA) is 68.8 Å². The molecule has 0 aliphatic rings. The average molecular weight is 348 g/mol. The molecule has 0 aliphatic heterocycles. The van der Waals surface area contributed by atoms with Gasteiger partial charge in [-0.3, -0.25) is 0 Å². The number of carbonyl (C=O) groups is 1. The van der Waals surface area contributed by atoms with Crippen molar-refractivity contribution < 1.29 is 23.4 Å². The lowest BCUT2D eigenvalue weighted by Crippen LogP contribution is -2.28. The SMILES string of the molecule is COc1cc(CNC(=O)Nc2cc(C)ccc2F)cc(OC)c1OC. The van der Waals surface area contributed by atoms with Gasteiger partial charge in [-0.1, -0.05) is 6.07 Å². The first-order valence-corrected chi connectivity index (χ1v) is 7.58. The minimum Gasteiger partial charge on any atom is -0.493 e. The van der Waals surface area contributed by atoms with Crippen molar-refractivity contribution in [1.29, 1.82) is 0 Å². The van der Waals surface area contributed by atoms with Gasteiger partial charge in [0.1, 0.15) is 5.82 Å². The van der Waals surface area contributed by atoms with E-state index in [0.717, 1.165) is 11.1 Å². The van der Waals surface area contributed by atoms with Crippen LogP contribution in [0.25, 0.3) is 0 Å². The highest BCUT2D eigenvalue weighted by atomic mass is 19.1. The van der Waals surface area contributed by atoms with E-state index in [4.69, 9.17) is 14.2 Å². The average Bonchev–Trinajstić information content (AvgIpc) is 2.61. The highest BCUT2D eigenvalue weighted by Crippen LogP contribution is 2.38. The molecule has 2 amide bonds. The number of hydrogen-bond donors (Lipinski definition) is 2. The fourth-order valence-electron chi connectivity index (χ4n) is 2.32. The van der Waals surface area contributed by atoms with Crippen LogP contribution in [0, 0.1) is 12.7 Å². The standard InChI is InChI=1S/C18H21FN2O4/c1-11-5-6-13(19)14(7-11)21-18(22)20-10-12-8-15(23-2)17(25-4)16(9-12)24-3/h5-9H,10H2,1-4H3,(H2,20,21,22). The van der Waals surface area contributed by atoms with Crippen molar-refractivity contribution >= 4 is 11.7 Å². The fourth-order valence-corrected chi connectivity index (χ4v) is 2.32. The van der Waals surface area contributed by atoms with Gasteiger partial charge in [-0.15, -0.1) is 0 Å². The summed E-state index contributed by atoms with van der Waals surface area (Å²) in [4.78, 5) is 12.0. The van der Waals surface area contributed by atoms with Gasteiger partial charge in [-0.25, -0.2) is 9.18 Å². The quantitative estimate of drug-likeness (QED) is 0.839. The molecule has 134 valence electrons. The normalized spacial score (nSPS) is 10.1. The van der Waals surface area contributed by atoms with E-state index < -0.39 is 11.8 Å². The molecule has 0 bridgehead atoms. The van der Waals surface area contributed by atoms with Gasteiger partial charge in [0, 0.05) is 6.54 Å². The summed E-state index contributed by atoms with van der Waals surface area (Å²) in [6, 6.07) is 7.45. The Morgan fingerprint density at radius 3 is 2.24 bits per heavy atom. The number of hydrogen-bond acceptors (Lipinski definition) is 4. The van der Waals surface area contributed by atoms with Gasteiger partial charge in [0.25, 0.3) is 0 Å². The Balaban J connectivity index is 2.07. The zero-order valence-corrected chi connectivity index (χ0v) is 14.6. The van der Waals surface area contributed by atoms with Crippen molar-refractivity contribution in [3.63, 3.8) is 0 Å². The van der Waals surface area contributed by atoms with Crippen molar-refractivity contribution in [2.45, 2.75) is 13.5 Å².